The first-order valence-corrected chi connectivity index (χ1v) is 7.01. The highest BCUT2D eigenvalue weighted by Crippen LogP contribution is 2.23. The molecule has 3 heterocycles. The summed E-state index contributed by atoms with van der Waals surface area (Å²) >= 11 is 0. The lowest BCUT2D eigenvalue weighted by Gasteiger charge is -2.25. The maximum Gasteiger partial charge on any atom is 0.151 e. The molecule has 1 N–H and O–H groups in total. The Bertz CT molecular complexity index is 619. The topological polar surface area (TPSA) is 77.7 Å². The van der Waals surface area contributed by atoms with Crippen molar-refractivity contribution in [1.82, 2.24) is 15.2 Å². The first kappa shape index (κ1) is 13.3. The zero-order valence-corrected chi connectivity index (χ0v) is 11.6. The number of pyridine rings is 1. The lowest BCUT2D eigenvalue weighted by Crippen LogP contribution is -2.35. The number of aromatic nitrogens is 3. The van der Waals surface area contributed by atoms with E-state index in [1.165, 1.54) is 0 Å². The molecule has 0 bridgehead atoms. The van der Waals surface area contributed by atoms with E-state index < -0.39 is 0 Å². The number of hydrogen-bond acceptors (Lipinski definition) is 6. The second kappa shape index (κ2) is 6.18. The van der Waals surface area contributed by atoms with E-state index in [0.717, 1.165) is 37.6 Å². The maximum atomic E-state index is 8.76. The highest BCUT2D eigenvalue weighted by Gasteiger charge is 2.25. The smallest absolute Gasteiger partial charge is 0.151 e. The molecular weight excluding hydrogens is 264 g/mol. The van der Waals surface area contributed by atoms with Gasteiger partial charge in [-0.3, -0.25) is 0 Å². The van der Waals surface area contributed by atoms with Gasteiger partial charge < -0.3 is 10.2 Å². The van der Waals surface area contributed by atoms with Crippen molar-refractivity contribution >= 4 is 11.6 Å². The van der Waals surface area contributed by atoms with E-state index in [9.17, 15) is 0 Å². The van der Waals surface area contributed by atoms with Gasteiger partial charge in [0.15, 0.2) is 5.82 Å². The molecule has 1 saturated heterocycles. The summed E-state index contributed by atoms with van der Waals surface area (Å²) in [5.41, 5.74) is 0.572. The zero-order chi connectivity index (χ0) is 14.5. The van der Waals surface area contributed by atoms with Gasteiger partial charge in [-0.25, -0.2) is 4.98 Å². The lowest BCUT2D eigenvalue weighted by atomic mass is 10.2. The Morgan fingerprint density at radius 3 is 3.05 bits per heavy atom. The fraction of sp³-hybridized carbons (Fsp3) is 0.333. The molecule has 106 valence electrons. The van der Waals surface area contributed by atoms with E-state index in [1.54, 1.807) is 18.5 Å². The van der Waals surface area contributed by atoms with E-state index in [1.807, 2.05) is 18.2 Å². The van der Waals surface area contributed by atoms with E-state index in [0.29, 0.717) is 11.6 Å². The van der Waals surface area contributed by atoms with Crippen molar-refractivity contribution in [3.63, 3.8) is 0 Å². The highest BCUT2D eigenvalue weighted by atomic mass is 15.3. The Morgan fingerprint density at radius 1 is 1.38 bits per heavy atom. The molecule has 2 aromatic heterocycles. The molecule has 0 radical (unpaired) electrons. The van der Waals surface area contributed by atoms with Crippen LogP contribution in [0.5, 0.6) is 0 Å². The number of hydrogen-bond donors (Lipinski definition) is 1. The van der Waals surface area contributed by atoms with Crippen molar-refractivity contribution in [2.75, 3.05) is 23.3 Å². The van der Waals surface area contributed by atoms with Crippen LogP contribution in [0, 0.1) is 11.3 Å². The average molecular weight is 280 g/mol. The van der Waals surface area contributed by atoms with E-state index in [-0.39, 0.29) is 0 Å². The molecule has 1 aliphatic heterocycles. The minimum atomic E-state index is 0.388. The number of nitrogens with zero attached hydrogens (tertiary/aromatic N) is 5. The molecule has 21 heavy (non-hydrogen) atoms. The number of nitrogens with one attached hydrogen (secondary N) is 1. The van der Waals surface area contributed by atoms with Crippen LogP contribution in [0.15, 0.2) is 36.7 Å². The molecule has 0 saturated carbocycles. The molecule has 6 heteroatoms. The molecule has 0 spiro atoms. The molecule has 0 amide bonds. The Kier molecular flexibility index (Phi) is 3.92. The predicted octanol–water partition coefficient (Wildman–Crippen LogP) is 1.82. The van der Waals surface area contributed by atoms with Crippen molar-refractivity contribution in [2.45, 2.75) is 18.9 Å². The SMILES string of the molecule is N#Cc1ccc(NCC2CCCN2c2cccnn2)nc1. The fourth-order valence-corrected chi connectivity index (χ4v) is 2.58. The van der Waals surface area contributed by atoms with Crippen LogP contribution in [-0.2, 0) is 0 Å². The summed E-state index contributed by atoms with van der Waals surface area (Å²) in [5.74, 6) is 1.72. The monoisotopic (exact) mass is 280 g/mol. The summed E-state index contributed by atoms with van der Waals surface area (Å²) in [5, 5.41) is 20.2. The van der Waals surface area contributed by atoms with Crippen molar-refractivity contribution in [3.8, 4) is 6.07 Å². The summed E-state index contributed by atoms with van der Waals surface area (Å²) in [6.45, 7) is 1.81. The first-order chi connectivity index (χ1) is 10.4. The number of rotatable bonds is 4. The third-order valence-corrected chi connectivity index (χ3v) is 3.64. The number of nitriles is 1. The van der Waals surface area contributed by atoms with Crippen LogP contribution in [0.3, 0.4) is 0 Å². The van der Waals surface area contributed by atoms with Crippen LogP contribution in [0.2, 0.25) is 0 Å². The quantitative estimate of drug-likeness (QED) is 0.920. The Hall–Kier alpha value is -2.68. The normalized spacial score (nSPS) is 17.5. The van der Waals surface area contributed by atoms with Gasteiger partial charge in [-0.05, 0) is 37.1 Å². The van der Waals surface area contributed by atoms with E-state index in [4.69, 9.17) is 5.26 Å². The van der Waals surface area contributed by atoms with Gasteiger partial charge in [0.2, 0.25) is 0 Å². The van der Waals surface area contributed by atoms with Crippen LogP contribution < -0.4 is 10.2 Å². The molecule has 1 aliphatic rings. The fourth-order valence-electron chi connectivity index (χ4n) is 2.58. The molecule has 1 fully saturated rings. The van der Waals surface area contributed by atoms with Gasteiger partial charge in [-0.1, -0.05) is 0 Å². The minimum absolute atomic E-state index is 0.388. The first-order valence-electron chi connectivity index (χ1n) is 7.01. The van der Waals surface area contributed by atoms with Crippen LogP contribution in [0.1, 0.15) is 18.4 Å². The van der Waals surface area contributed by atoms with Crippen LogP contribution >= 0.6 is 0 Å². The van der Waals surface area contributed by atoms with Crippen molar-refractivity contribution in [3.05, 3.63) is 42.2 Å². The molecule has 2 aromatic rings. The molecule has 1 atom stereocenters. The predicted molar refractivity (Wildman–Crippen MR) is 79.8 cm³/mol. The minimum Gasteiger partial charge on any atom is -0.368 e. The Labute approximate surface area is 123 Å². The van der Waals surface area contributed by atoms with E-state index in [2.05, 4.69) is 31.5 Å². The van der Waals surface area contributed by atoms with Gasteiger partial charge in [0.1, 0.15) is 11.9 Å². The Morgan fingerprint density at radius 2 is 2.33 bits per heavy atom. The van der Waals surface area contributed by atoms with Crippen LogP contribution in [0.25, 0.3) is 0 Å². The van der Waals surface area contributed by atoms with Crippen LogP contribution in [0.4, 0.5) is 11.6 Å². The lowest BCUT2D eigenvalue weighted by molar-refractivity contribution is 0.685. The summed E-state index contributed by atoms with van der Waals surface area (Å²) < 4.78 is 0. The summed E-state index contributed by atoms with van der Waals surface area (Å²) in [4.78, 5) is 6.51. The highest BCUT2D eigenvalue weighted by molar-refractivity contribution is 5.42. The molecule has 6 nitrogen and oxygen atoms in total. The van der Waals surface area contributed by atoms with Gasteiger partial charge in [-0.2, -0.15) is 10.4 Å². The summed E-state index contributed by atoms with van der Waals surface area (Å²) in [6.07, 6.45) is 5.55. The Balaban J connectivity index is 1.63. The van der Waals surface area contributed by atoms with Gasteiger partial charge in [0.25, 0.3) is 0 Å². The van der Waals surface area contributed by atoms with Crippen molar-refractivity contribution in [2.24, 2.45) is 0 Å². The zero-order valence-electron chi connectivity index (χ0n) is 11.6. The van der Waals surface area contributed by atoms with Gasteiger partial charge in [0.05, 0.1) is 5.56 Å². The third-order valence-electron chi connectivity index (χ3n) is 3.64. The number of anilines is 2. The summed E-state index contributed by atoms with van der Waals surface area (Å²) in [6, 6.07) is 9.96. The van der Waals surface area contributed by atoms with Gasteiger partial charge in [-0.15, -0.1) is 5.10 Å². The molecule has 0 aliphatic carbocycles. The molecule has 3 rings (SSSR count). The average Bonchev–Trinajstić information content (AvgIpc) is 3.03. The second-order valence-electron chi connectivity index (χ2n) is 5.00. The van der Waals surface area contributed by atoms with E-state index >= 15 is 0 Å². The molecule has 1 unspecified atom stereocenters. The van der Waals surface area contributed by atoms with Crippen molar-refractivity contribution < 1.29 is 0 Å². The van der Waals surface area contributed by atoms with Crippen molar-refractivity contribution in [1.29, 1.82) is 5.26 Å². The van der Waals surface area contributed by atoms with Crippen LogP contribution in [-0.4, -0.2) is 34.3 Å². The molecule has 0 aromatic carbocycles. The third kappa shape index (κ3) is 3.08. The summed E-state index contributed by atoms with van der Waals surface area (Å²) in [7, 11) is 0. The molecular formula is C15H16N6. The van der Waals surface area contributed by atoms with Gasteiger partial charge >= 0.3 is 0 Å². The largest absolute Gasteiger partial charge is 0.368 e. The van der Waals surface area contributed by atoms with Gasteiger partial charge in [0, 0.05) is 31.5 Å². The maximum absolute atomic E-state index is 8.76. The standard InChI is InChI=1S/C15H16N6/c16-9-12-5-6-14(17-10-12)18-11-13-3-2-8-21(13)15-4-1-7-19-20-15/h1,4-7,10,13H,2-3,8,11H2,(H,17,18). The second-order valence-corrected chi connectivity index (χ2v) is 5.00.